The minimum atomic E-state index is -0.290. The Morgan fingerprint density at radius 3 is 2.90 bits per heavy atom. The molecule has 21 heavy (non-hydrogen) atoms. The average Bonchev–Trinajstić information content (AvgIpc) is 2.96. The molecule has 2 heterocycles. The molecule has 0 bridgehead atoms. The first-order valence-corrected chi connectivity index (χ1v) is 7.12. The lowest BCUT2D eigenvalue weighted by molar-refractivity contribution is -0.145. The van der Waals surface area contributed by atoms with E-state index >= 15 is 0 Å². The van der Waals surface area contributed by atoms with Crippen LogP contribution in [0.3, 0.4) is 0 Å². The average molecular weight is 283 g/mol. The number of rotatable bonds is 5. The van der Waals surface area contributed by atoms with Crippen LogP contribution >= 0.6 is 0 Å². The standard InChI is InChI=1S/C17H17NO3/c19-17(15-12-21-16-6-2-1-5-14(15)16)20-11-3-4-13-7-9-18-10-8-13/h1-2,5-10,15H,3-4,11-12H2. The van der Waals surface area contributed by atoms with Crippen molar-refractivity contribution in [1.82, 2.24) is 4.98 Å². The van der Waals surface area contributed by atoms with Gasteiger partial charge < -0.3 is 9.47 Å². The molecule has 0 N–H and O–H groups in total. The maximum Gasteiger partial charge on any atom is 0.317 e. The van der Waals surface area contributed by atoms with E-state index in [2.05, 4.69) is 4.98 Å². The van der Waals surface area contributed by atoms with Crippen molar-refractivity contribution in [2.45, 2.75) is 18.8 Å². The van der Waals surface area contributed by atoms with Crippen LogP contribution in [0.4, 0.5) is 0 Å². The fourth-order valence-electron chi connectivity index (χ4n) is 2.46. The summed E-state index contributed by atoms with van der Waals surface area (Å²) in [4.78, 5) is 16.1. The van der Waals surface area contributed by atoms with Gasteiger partial charge in [0, 0.05) is 18.0 Å². The summed E-state index contributed by atoms with van der Waals surface area (Å²) in [7, 11) is 0. The summed E-state index contributed by atoms with van der Waals surface area (Å²) in [6, 6.07) is 11.6. The van der Waals surface area contributed by atoms with E-state index in [1.165, 1.54) is 5.56 Å². The van der Waals surface area contributed by atoms with Gasteiger partial charge in [-0.3, -0.25) is 9.78 Å². The normalized spacial score (nSPS) is 16.1. The SMILES string of the molecule is O=C(OCCCc1ccncc1)C1COc2ccccc21. The fraction of sp³-hybridized carbons (Fsp3) is 0.294. The zero-order valence-electron chi connectivity index (χ0n) is 11.7. The molecule has 4 heteroatoms. The van der Waals surface area contributed by atoms with E-state index in [9.17, 15) is 4.79 Å². The highest BCUT2D eigenvalue weighted by atomic mass is 16.5. The molecule has 0 saturated heterocycles. The van der Waals surface area contributed by atoms with Crippen LogP contribution < -0.4 is 4.74 Å². The number of carbonyl (C=O) groups excluding carboxylic acids is 1. The van der Waals surface area contributed by atoms with Crippen LogP contribution in [0.1, 0.15) is 23.5 Å². The molecule has 3 rings (SSSR count). The largest absolute Gasteiger partial charge is 0.492 e. The van der Waals surface area contributed by atoms with Crippen LogP contribution in [0.15, 0.2) is 48.8 Å². The number of pyridine rings is 1. The summed E-state index contributed by atoms with van der Waals surface area (Å²) in [6.07, 6.45) is 5.24. The maximum absolute atomic E-state index is 12.1. The van der Waals surface area contributed by atoms with Gasteiger partial charge in [-0.25, -0.2) is 0 Å². The summed E-state index contributed by atoms with van der Waals surface area (Å²) < 4.78 is 10.9. The molecule has 2 aromatic rings. The third kappa shape index (κ3) is 3.21. The molecule has 1 aromatic carbocycles. The summed E-state index contributed by atoms with van der Waals surface area (Å²) in [6.45, 7) is 0.808. The summed E-state index contributed by atoms with van der Waals surface area (Å²) in [5.74, 6) is 0.299. The van der Waals surface area contributed by atoms with Crippen molar-refractivity contribution in [3.8, 4) is 5.75 Å². The maximum atomic E-state index is 12.1. The van der Waals surface area contributed by atoms with Crippen molar-refractivity contribution in [2.24, 2.45) is 0 Å². The Morgan fingerprint density at radius 2 is 2.05 bits per heavy atom. The van der Waals surface area contributed by atoms with Crippen LogP contribution in [0, 0.1) is 0 Å². The zero-order valence-corrected chi connectivity index (χ0v) is 11.7. The Hall–Kier alpha value is -2.36. The Kier molecular flexibility index (Phi) is 4.15. The van der Waals surface area contributed by atoms with E-state index in [1.54, 1.807) is 12.4 Å². The molecule has 0 aliphatic carbocycles. The van der Waals surface area contributed by atoms with Gasteiger partial charge in [0.2, 0.25) is 0 Å². The van der Waals surface area contributed by atoms with Crippen LogP contribution in [0.2, 0.25) is 0 Å². The van der Waals surface area contributed by atoms with Crippen LogP contribution in [0.25, 0.3) is 0 Å². The Morgan fingerprint density at radius 1 is 1.24 bits per heavy atom. The molecule has 0 fully saturated rings. The number of ether oxygens (including phenoxy) is 2. The van der Waals surface area contributed by atoms with E-state index < -0.39 is 0 Å². The predicted molar refractivity (Wildman–Crippen MR) is 78.2 cm³/mol. The highest BCUT2D eigenvalue weighted by Crippen LogP contribution is 2.34. The lowest BCUT2D eigenvalue weighted by atomic mass is 10.0. The molecular weight excluding hydrogens is 266 g/mol. The van der Waals surface area contributed by atoms with Gasteiger partial charge in [-0.15, -0.1) is 0 Å². The molecule has 4 nitrogen and oxygen atoms in total. The molecule has 1 aliphatic heterocycles. The zero-order chi connectivity index (χ0) is 14.5. The highest BCUT2D eigenvalue weighted by molar-refractivity contribution is 5.80. The van der Waals surface area contributed by atoms with E-state index in [4.69, 9.17) is 9.47 Å². The Labute approximate surface area is 123 Å². The predicted octanol–water partition coefficient (Wildman–Crippen LogP) is 2.73. The monoisotopic (exact) mass is 283 g/mol. The van der Waals surface area contributed by atoms with Crippen LogP contribution in [-0.4, -0.2) is 24.2 Å². The van der Waals surface area contributed by atoms with Gasteiger partial charge in [-0.1, -0.05) is 18.2 Å². The van der Waals surface area contributed by atoms with Gasteiger partial charge in [-0.05, 0) is 36.6 Å². The van der Waals surface area contributed by atoms with Gasteiger partial charge >= 0.3 is 5.97 Å². The topological polar surface area (TPSA) is 48.4 Å². The van der Waals surface area contributed by atoms with Gasteiger partial charge in [0.05, 0.1) is 6.61 Å². The molecular formula is C17H17NO3. The number of hydrogen-bond donors (Lipinski definition) is 0. The van der Waals surface area contributed by atoms with Crippen molar-refractivity contribution in [1.29, 1.82) is 0 Å². The van der Waals surface area contributed by atoms with E-state index in [1.807, 2.05) is 36.4 Å². The number of nitrogens with zero attached hydrogens (tertiary/aromatic N) is 1. The first kappa shape index (κ1) is 13.6. The van der Waals surface area contributed by atoms with E-state index in [-0.39, 0.29) is 11.9 Å². The third-order valence-corrected chi connectivity index (χ3v) is 3.59. The minimum absolute atomic E-state index is 0.199. The van der Waals surface area contributed by atoms with Gasteiger partial charge in [0.1, 0.15) is 18.3 Å². The molecule has 1 aliphatic rings. The Balaban J connectivity index is 1.47. The first-order chi connectivity index (χ1) is 10.3. The third-order valence-electron chi connectivity index (χ3n) is 3.59. The van der Waals surface area contributed by atoms with Gasteiger partial charge in [-0.2, -0.15) is 0 Å². The molecule has 0 spiro atoms. The number of carbonyl (C=O) groups is 1. The lowest BCUT2D eigenvalue weighted by Crippen LogP contribution is -2.18. The fourth-order valence-corrected chi connectivity index (χ4v) is 2.46. The van der Waals surface area contributed by atoms with E-state index in [0.29, 0.717) is 13.2 Å². The second kappa shape index (κ2) is 6.39. The summed E-state index contributed by atoms with van der Waals surface area (Å²) in [5, 5.41) is 0. The number of fused-ring (bicyclic) bond motifs is 1. The van der Waals surface area contributed by atoms with Gasteiger partial charge in [0.15, 0.2) is 0 Å². The minimum Gasteiger partial charge on any atom is -0.492 e. The molecule has 0 radical (unpaired) electrons. The van der Waals surface area contributed by atoms with Crippen molar-refractivity contribution in [3.63, 3.8) is 0 Å². The number of aryl methyl sites for hydroxylation is 1. The second-order valence-electron chi connectivity index (χ2n) is 5.03. The van der Waals surface area contributed by atoms with Crippen molar-refractivity contribution in [3.05, 3.63) is 59.9 Å². The Bertz CT molecular complexity index is 612. The quantitative estimate of drug-likeness (QED) is 0.625. The van der Waals surface area contributed by atoms with Crippen molar-refractivity contribution < 1.29 is 14.3 Å². The first-order valence-electron chi connectivity index (χ1n) is 7.12. The number of aromatic nitrogens is 1. The smallest absolute Gasteiger partial charge is 0.317 e. The number of benzene rings is 1. The van der Waals surface area contributed by atoms with Crippen molar-refractivity contribution in [2.75, 3.05) is 13.2 Å². The molecule has 1 unspecified atom stereocenters. The molecule has 0 amide bonds. The number of hydrogen-bond acceptors (Lipinski definition) is 4. The molecule has 108 valence electrons. The molecule has 0 saturated carbocycles. The highest BCUT2D eigenvalue weighted by Gasteiger charge is 2.31. The molecule has 1 atom stereocenters. The van der Waals surface area contributed by atoms with Crippen LogP contribution in [0.5, 0.6) is 5.75 Å². The summed E-state index contributed by atoms with van der Waals surface area (Å²) in [5.41, 5.74) is 2.13. The van der Waals surface area contributed by atoms with Crippen LogP contribution in [-0.2, 0) is 16.0 Å². The van der Waals surface area contributed by atoms with Crippen molar-refractivity contribution >= 4 is 5.97 Å². The molecule has 1 aromatic heterocycles. The second-order valence-corrected chi connectivity index (χ2v) is 5.03. The lowest BCUT2D eigenvalue weighted by Gasteiger charge is -2.09. The number of para-hydroxylation sites is 1. The number of esters is 1. The van der Waals surface area contributed by atoms with E-state index in [0.717, 1.165) is 24.2 Å². The van der Waals surface area contributed by atoms with Gasteiger partial charge in [0.25, 0.3) is 0 Å². The summed E-state index contributed by atoms with van der Waals surface area (Å²) >= 11 is 0.